The second-order valence-corrected chi connectivity index (χ2v) is 6.04. The van der Waals surface area contributed by atoms with Gasteiger partial charge in [-0.05, 0) is 24.9 Å². The first-order valence-corrected chi connectivity index (χ1v) is 8.63. The number of nitrogens with zero attached hydrogens (tertiary/aromatic N) is 1. The Morgan fingerprint density at radius 1 is 1.24 bits per heavy atom. The van der Waals surface area contributed by atoms with E-state index in [4.69, 9.17) is 9.47 Å². The molecule has 0 aliphatic carbocycles. The van der Waals surface area contributed by atoms with Gasteiger partial charge in [0.15, 0.2) is 0 Å². The summed E-state index contributed by atoms with van der Waals surface area (Å²) in [6.45, 7) is 3.29. The maximum atomic E-state index is 11.9. The number of ether oxygens (including phenoxy) is 2. The number of carbonyl (C=O) groups is 2. The third-order valence-electron chi connectivity index (χ3n) is 4.22. The minimum atomic E-state index is -0.596. The fourth-order valence-electron chi connectivity index (χ4n) is 2.85. The van der Waals surface area contributed by atoms with E-state index in [0.29, 0.717) is 19.2 Å². The van der Waals surface area contributed by atoms with E-state index < -0.39 is 6.09 Å². The van der Waals surface area contributed by atoms with Crippen LogP contribution in [0.15, 0.2) is 30.3 Å². The van der Waals surface area contributed by atoms with Crippen molar-refractivity contribution in [3.05, 3.63) is 35.9 Å². The van der Waals surface area contributed by atoms with Gasteiger partial charge in [0.25, 0.3) is 0 Å². The topological polar surface area (TPSA) is 79.9 Å². The van der Waals surface area contributed by atoms with E-state index in [9.17, 15) is 9.59 Å². The Labute approximate surface area is 148 Å². The Morgan fingerprint density at radius 2 is 2.04 bits per heavy atom. The van der Waals surface area contributed by atoms with E-state index in [-0.39, 0.29) is 19.1 Å². The van der Waals surface area contributed by atoms with E-state index >= 15 is 0 Å². The molecule has 0 aromatic heterocycles. The molecule has 1 aliphatic heterocycles. The number of hydrogen-bond acceptors (Lipinski definition) is 5. The van der Waals surface area contributed by atoms with Crippen LogP contribution in [0, 0.1) is 0 Å². The second-order valence-electron chi connectivity index (χ2n) is 6.04. The standard InChI is InChI=1S/C18H27N3O4/c1-24-11-10-21-9-5-8-16(21)12-19-17(22)13-20-18(23)25-14-15-6-3-2-4-7-15/h2-4,6-7,16H,5,8-14H2,1H3,(H,19,22)(H,20,23)/t16-/m0/s1. The summed E-state index contributed by atoms with van der Waals surface area (Å²) in [5.41, 5.74) is 0.902. The van der Waals surface area contributed by atoms with Crippen LogP contribution < -0.4 is 10.6 Å². The zero-order valence-electron chi connectivity index (χ0n) is 14.7. The average Bonchev–Trinajstić information content (AvgIpc) is 3.09. The Balaban J connectivity index is 1.59. The van der Waals surface area contributed by atoms with Crippen LogP contribution in [0.4, 0.5) is 4.79 Å². The predicted octanol–water partition coefficient (Wildman–Crippen LogP) is 1.14. The first-order chi connectivity index (χ1) is 12.2. The van der Waals surface area contributed by atoms with Crippen molar-refractivity contribution >= 4 is 12.0 Å². The summed E-state index contributed by atoms with van der Waals surface area (Å²) in [6, 6.07) is 9.73. The zero-order chi connectivity index (χ0) is 17.9. The molecule has 0 radical (unpaired) electrons. The lowest BCUT2D eigenvalue weighted by Crippen LogP contribution is -2.44. The van der Waals surface area contributed by atoms with E-state index in [0.717, 1.165) is 31.5 Å². The van der Waals surface area contributed by atoms with Gasteiger partial charge in [-0.3, -0.25) is 9.69 Å². The van der Waals surface area contributed by atoms with Crippen LogP contribution in [-0.4, -0.2) is 62.8 Å². The van der Waals surface area contributed by atoms with Crippen molar-refractivity contribution in [1.82, 2.24) is 15.5 Å². The van der Waals surface area contributed by atoms with Crippen molar-refractivity contribution in [2.45, 2.75) is 25.5 Å². The molecule has 1 aromatic carbocycles. The predicted molar refractivity (Wildman–Crippen MR) is 94.1 cm³/mol. The molecule has 1 aromatic rings. The number of hydrogen-bond donors (Lipinski definition) is 2. The summed E-state index contributed by atoms with van der Waals surface area (Å²) < 4.78 is 10.2. The lowest BCUT2D eigenvalue weighted by Gasteiger charge is -2.24. The van der Waals surface area contributed by atoms with Gasteiger partial charge in [0.1, 0.15) is 6.61 Å². The third kappa shape index (κ3) is 7.11. The molecule has 7 heteroatoms. The van der Waals surface area contributed by atoms with Crippen molar-refractivity contribution in [3.63, 3.8) is 0 Å². The first kappa shape index (κ1) is 19.2. The number of alkyl carbamates (subject to hydrolysis) is 1. The number of amides is 2. The lowest BCUT2D eigenvalue weighted by molar-refractivity contribution is -0.120. The van der Waals surface area contributed by atoms with Crippen LogP contribution >= 0.6 is 0 Å². The Bertz CT molecular complexity index is 538. The van der Waals surface area contributed by atoms with Gasteiger partial charge in [0.05, 0.1) is 13.2 Å². The summed E-state index contributed by atoms with van der Waals surface area (Å²) in [5, 5.41) is 5.34. The van der Waals surface area contributed by atoms with Crippen molar-refractivity contribution in [2.75, 3.05) is 39.9 Å². The maximum Gasteiger partial charge on any atom is 0.407 e. The molecule has 0 saturated carbocycles. The molecular weight excluding hydrogens is 322 g/mol. The van der Waals surface area contributed by atoms with Crippen LogP contribution in [0.3, 0.4) is 0 Å². The molecule has 138 valence electrons. The SMILES string of the molecule is COCCN1CCC[C@H]1CNC(=O)CNC(=O)OCc1ccccc1. The molecule has 7 nitrogen and oxygen atoms in total. The van der Waals surface area contributed by atoms with Crippen LogP contribution in [0.25, 0.3) is 0 Å². The van der Waals surface area contributed by atoms with Gasteiger partial charge in [-0.1, -0.05) is 30.3 Å². The van der Waals surface area contributed by atoms with E-state index in [2.05, 4.69) is 15.5 Å². The Hall–Kier alpha value is -2.12. The molecule has 0 bridgehead atoms. The van der Waals surface area contributed by atoms with Crippen molar-refractivity contribution < 1.29 is 19.1 Å². The quantitative estimate of drug-likeness (QED) is 0.699. The van der Waals surface area contributed by atoms with Gasteiger partial charge in [-0.25, -0.2) is 4.79 Å². The van der Waals surface area contributed by atoms with Gasteiger partial charge >= 0.3 is 6.09 Å². The molecule has 25 heavy (non-hydrogen) atoms. The van der Waals surface area contributed by atoms with Gasteiger partial charge in [-0.2, -0.15) is 0 Å². The lowest BCUT2D eigenvalue weighted by atomic mass is 10.2. The highest BCUT2D eigenvalue weighted by Crippen LogP contribution is 2.15. The van der Waals surface area contributed by atoms with Crippen molar-refractivity contribution in [1.29, 1.82) is 0 Å². The largest absolute Gasteiger partial charge is 0.445 e. The van der Waals surface area contributed by atoms with Gasteiger partial charge in [0.2, 0.25) is 5.91 Å². The van der Waals surface area contributed by atoms with Crippen LogP contribution in [0.1, 0.15) is 18.4 Å². The Morgan fingerprint density at radius 3 is 2.80 bits per heavy atom. The highest BCUT2D eigenvalue weighted by molar-refractivity contribution is 5.82. The molecule has 1 saturated heterocycles. The number of carbonyl (C=O) groups excluding carboxylic acids is 2. The fraction of sp³-hybridized carbons (Fsp3) is 0.556. The molecule has 1 heterocycles. The minimum Gasteiger partial charge on any atom is -0.445 e. The summed E-state index contributed by atoms with van der Waals surface area (Å²) in [7, 11) is 1.69. The highest BCUT2D eigenvalue weighted by atomic mass is 16.5. The highest BCUT2D eigenvalue weighted by Gasteiger charge is 2.24. The van der Waals surface area contributed by atoms with Crippen LogP contribution in [0.5, 0.6) is 0 Å². The molecular formula is C18H27N3O4. The number of rotatable bonds is 9. The van der Waals surface area contributed by atoms with Crippen LogP contribution in [0.2, 0.25) is 0 Å². The molecule has 1 aliphatic rings. The summed E-state index contributed by atoms with van der Waals surface area (Å²) in [6.07, 6.45) is 1.60. The normalized spacial score (nSPS) is 17.2. The number of methoxy groups -OCH3 is 1. The molecule has 0 spiro atoms. The van der Waals surface area contributed by atoms with Crippen LogP contribution in [-0.2, 0) is 20.9 Å². The maximum absolute atomic E-state index is 11.9. The number of likely N-dealkylation sites (tertiary alicyclic amines) is 1. The molecule has 2 amide bonds. The third-order valence-corrected chi connectivity index (χ3v) is 4.22. The fourth-order valence-corrected chi connectivity index (χ4v) is 2.85. The van der Waals surface area contributed by atoms with E-state index in [1.165, 1.54) is 0 Å². The molecule has 1 atom stereocenters. The molecule has 2 N–H and O–H groups in total. The van der Waals surface area contributed by atoms with Gasteiger partial charge < -0.3 is 20.1 Å². The van der Waals surface area contributed by atoms with Gasteiger partial charge in [0, 0.05) is 26.2 Å². The number of nitrogens with one attached hydrogen (secondary N) is 2. The van der Waals surface area contributed by atoms with E-state index in [1.807, 2.05) is 30.3 Å². The average molecular weight is 349 g/mol. The van der Waals surface area contributed by atoms with E-state index in [1.54, 1.807) is 7.11 Å². The minimum absolute atomic E-state index is 0.0849. The monoisotopic (exact) mass is 349 g/mol. The van der Waals surface area contributed by atoms with Gasteiger partial charge in [-0.15, -0.1) is 0 Å². The zero-order valence-corrected chi connectivity index (χ0v) is 14.7. The first-order valence-electron chi connectivity index (χ1n) is 8.63. The Kier molecular flexibility index (Phi) is 8.21. The second kappa shape index (κ2) is 10.7. The van der Waals surface area contributed by atoms with Crippen molar-refractivity contribution in [3.8, 4) is 0 Å². The number of benzene rings is 1. The smallest absolute Gasteiger partial charge is 0.407 e. The molecule has 0 unspecified atom stereocenters. The summed E-state index contributed by atoms with van der Waals surface area (Å²) in [5.74, 6) is -0.213. The molecule has 1 fully saturated rings. The summed E-state index contributed by atoms with van der Waals surface area (Å²) >= 11 is 0. The summed E-state index contributed by atoms with van der Waals surface area (Å²) in [4.78, 5) is 25.8. The molecule has 2 rings (SSSR count). The van der Waals surface area contributed by atoms with Crippen molar-refractivity contribution in [2.24, 2.45) is 0 Å².